The van der Waals surface area contributed by atoms with E-state index in [4.69, 9.17) is 5.26 Å². The predicted molar refractivity (Wildman–Crippen MR) is 67.6 cm³/mol. The molecule has 3 rings (SSSR count). The first kappa shape index (κ1) is 10.9. The van der Waals surface area contributed by atoms with Crippen LogP contribution < -0.4 is 0 Å². The van der Waals surface area contributed by atoms with Crippen molar-refractivity contribution in [3.8, 4) is 17.5 Å². The van der Waals surface area contributed by atoms with Gasteiger partial charge in [0.15, 0.2) is 11.3 Å². The molecule has 0 radical (unpaired) electrons. The van der Waals surface area contributed by atoms with Gasteiger partial charge in [-0.15, -0.1) is 0 Å². The first-order chi connectivity index (χ1) is 8.70. The highest BCUT2D eigenvalue weighted by molar-refractivity contribution is 9.10. The molecule has 0 aliphatic rings. The number of nitriles is 1. The van der Waals surface area contributed by atoms with Gasteiger partial charge in [-0.05, 0) is 28.1 Å². The number of fused-ring (bicyclic) bond motifs is 1. The minimum absolute atomic E-state index is 0.408. The minimum Gasteiger partial charge on any atom is -0.331 e. The third kappa shape index (κ3) is 1.50. The molecule has 18 heavy (non-hydrogen) atoms. The Morgan fingerprint density at radius 3 is 2.83 bits per heavy atom. The highest BCUT2D eigenvalue weighted by atomic mass is 79.9. The maximum absolute atomic E-state index is 8.98. The highest BCUT2D eigenvalue weighted by Gasteiger charge is 2.12. The molecule has 0 atom stereocenters. The van der Waals surface area contributed by atoms with E-state index in [0.29, 0.717) is 11.3 Å². The van der Waals surface area contributed by atoms with Gasteiger partial charge in [0.05, 0.1) is 12.5 Å². The molecule has 0 N–H and O–H groups in total. The molecule has 0 saturated carbocycles. The summed E-state index contributed by atoms with van der Waals surface area (Å²) in [6, 6.07) is 5.73. The average Bonchev–Trinajstić information content (AvgIpc) is 2.92. The number of hydrogen-bond acceptors (Lipinski definition) is 4. The molecule has 7 heteroatoms. The molecule has 0 aromatic carbocycles. The Morgan fingerprint density at radius 1 is 1.33 bits per heavy atom. The fourth-order valence-electron chi connectivity index (χ4n) is 1.76. The summed E-state index contributed by atoms with van der Waals surface area (Å²) in [5.41, 5.74) is 2.64. The van der Waals surface area contributed by atoms with Gasteiger partial charge >= 0.3 is 0 Å². The molecule has 3 aromatic heterocycles. The molecule has 0 fully saturated rings. The van der Waals surface area contributed by atoms with Crippen molar-refractivity contribution in [2.24, 2.45) is 7.05 Å². The van der Waals surface area contributed by atoms with Crippen molar-refractivity contribution < 1.29 is 0 Å². The van der Waals surface area contributed by atoms with Gasteiger partial charge in [-0.2, -0.15) is 10.4 Å². The second-order valence-electron chi connectivity index (χ2n) is 3.74. The van der Waals surface area contributed by atoms with Crippen molar-refractivity contribution in [1.82, 2.24) is 24.1 Å². The molecular weight excluding hydrogens is 296 g/mol. The van der Waals surface area contributed by atoms with E-state index in [0.717, 1.165) is 16.0 Å². The first-order valence-electron chi connectivity index (χ1n) is 5.13. The van der Waals surface area contributed by atoms with E-state index in [9.17, 15) is 0 Å². The molecule has 0 spiro atoms. The number of hydrogen-bond donors (Lipinski definition) is 0. The molecule has 0 bridgehead atoms. The van der Waals surface area contributed by atoms with Crippen molar-refractivity contribution in [3.05, 3.63) is 35.0 Å². The number of nitrogens with zero attached hydrogens (tertiary/aromatic N) is 6. The van der Waals surface area contributed by atoms with Gasteiger partial charge in [0.1, 0.15) is 22.1 Å². The van der Waals surface area contributed by atoms with Gasteiger partial charge in [0.2, 0.25) is 0 Å². The Hall–Kier alpha value is -2.20. The minimum atomic E-state index is 0.408. The number of aromatic nitrogens is 5. The summed E-state index contributed by atoms with van der Waals surface area (Å²) in [6.45, 7) is 0. The van der Waals surface area contributed by atoms with Crippen LogP contribution >= 0.6 is 15.9 Å². The average molecular weight is 303 g/mol. The molecule has 0 unspecified atom stereocenters. The van der Waals surface area contributed by atoms with Crippen LogP contribution in [-0.2, 0) is 7.05 Å². The standard InChI is InChI=1S/C11H7BrN6/c1-17-6-15-11(12)10(17)8-2-3-9-14-5-7(4-13)18(9)16-8/h2-3,5-6H,1H3. The van der Waals surface area contributed by atoms with Gasteiger partial charge < -0.3 is 4.57 Å². The number of rotatable bonds is 1. The van der Waals surface area contributed by atoms with Crippen LogP contribution in [0, 0.1) is 11.3 Å². The van der Waals surface area contributed by atoms with Crippen molar-refractivity contribution in [2.45, 2.75) is 0 Å². The topological polar surface area (TPSA) is 71.8 Å². The van der Waals surface area contributed by atoms with Crippen LogP contribution in [-0.4, -0.2) is 24.1 Å². The molecule has 6 nitrogen and oxygen atoms in total. The highest BCUT2D eigenvalue weighted by Crippen LogP contribution is 2.25. The van der Waals surface area contributed by atoms with Crippen LogP contribution in [0.15, 0.2) is 29.3 Å². The van der Waals surface area contributed by atoms with Gasteiger partial charge in [-0.3, -0.25) is 0 Å². The summed E-state index contributed by atoms with van der Waals surface area (Å²) in [4.78, 5) is 8.25. The lowest BCUT2D eigenvalue weighted by atomic mass is 10.3. The summed E-state index contributed by atoms with van der Waals surface area (Å²) >= 11 is 3.38. The predicted octanol–water partition coefficient (Wildman–Crippen LogP) is 1.76. The monoisotopic (exact) mass is 302 g/mol. The van der Waals surface area contributed by atoms with E-state index in [1.54, 1.807) is 6.33 Å². The molecule has 3 aromatic rings. The maximum atomic E-state index is 8.98. The largest absolute Gasteiger partial charge is 0.331 e. The van der Waals surface area contributed by atoms with Gasteiger partial charge in [0, 0.05) is 7.05 Å². The maximum Gasteiger partial charge on any atom is 0.162 e. The van der Waals surface area contributed by atoms with Crippen molar-refractivity contribution >= 4 is 21.6 Å². The summed E-state index contributed by atoms with van der Waals surface area (Å²) in [6.07, 6.45) is 3.20. The fourth-order valence-corrected chi connectivity index (χ4v) is 2.34. The number of imidazole rings is 2. The fraction of sp³-hybridized carbons (Fsp3) is 0.0909. The third-order valence-electron chi connectivity index (χ3n) is 2.61. The molecule has 0 aliphatic carbocycles. The summed E-state index contributed by atoms with van der Waals surface area (Å²) in [5, 5.41) is 13.4. The number of aryl methyl sites for hydroxylation is 1. The van der Waals surface area contributed by atoms with E-state index >= 15 is 0 Å². The second kappa shape index (κ2) is 3.92. The number of halogens is 1. The summed E-state index contributed by atoms with van der Waals surface area (Å²) < 4.78 is 4.10. The first-order valence-corrected chi connectivity index (χ1v) is 5.92. The molecular formula is C11H7BrN6. The molecule has 0 aliphatic heterocycles. The Kier molecular flexibility index (Phi) is 2.38. The third-order valence-corrected chi connectivity index (χ3v) is 3.19. The van der Waals surface area contributed by atoms with Crippen molar-refractivity contribution in [3.63, 3.8) is 0 Å². The molecule has 88 valence electrons. The molecule has 0 saturated heterocycles. The zero-order chi connectivity index (χ0) is 12.7. The Bertz CT molecular complexity index is 759. The van der Waals surface area contributed by atoms with E-state index in [2.05, 4.69) is 37.1 Å². The zero-order valence-corrected chi connectivity index (χ0v) is 11.0. The smallest absolute Gasteiger partial charge is 0.162 e. The lowest BCUT2D eigenvalue weighted by Crippen LogP contribution is -1.99. The van der Waals surface area contributed by atoms with Crippen LogP contribution in [0.1, 0.15) is 5.69 Å². The second-order valence-corrected chi connectivity index (χ2v) is 4.49. The van der Waals surface area contributed by atoms with Gasteiger partial charge in [-0.25, -0.2) is 14.5 Å². The SMILES string of the molecule is Cn1cnc(Br)c1-c1ccc2ncc(C#N)n2n1. The van der Waals surface area contributed by atoms with Gasteiger partial charge in [0.25, 0.3) is 0 Å². The van der Waals surface area contributed by atoms with Crippen LogP contribution in [0.5, 0.6) is 0 Å². The lowest BCUT2D eigenvalue weighted by molar-refractivity contribution is 0.883. The van der Waals surface area contributed by atoms with Crippen molar-refractivity contribution in [2.75, 3.05) is 0 Å². The van der Waals surface area contributed by atoms with Crippen LogP contribution in [0.2, 0.25) is 0 Å². The Morgan fingerprint density at radius 2 is 2.17 bits per heavy atom. The molecule has 0 amide bonds. The van der Waals surface area contributed by atoms with Gasteiger partial charge in [-0.1, -0.05) is 0 Å². The lowest BCUT2D eigenvalue weighted by Gasteiger charge is -2.03. The van der Waals surface area contributed by atoms with Crippen LogP contribution in [0.4, 0.5) is 0 Å². The summed E-state index contributed by atoms with van der Waals surface area (Å²) in [7, 11) is 1.89. The quantitative estimate of drug-likeness (QED) is 0.687. The zero-order valence-electron chi connectivity index (χ0n) is 9.37. The summed E-state index contributed by atoms with van der Waals surface area (Å²) in [5.74, 6) is 0. The van der Waals surface area contributed by atoms with Crippen LogP contribution in [0.25, 0.3) is 17.0 Å². The van der Waals surface area contributed by atoms with E-state index in [1.165, 1.54) is 10.7 Å². The van der Waals surface area contributed by atoms with E-state index in [-0.39, 0.29) is 0 Å². The Labute approximate surface area is 111 Å². The molecule has 3 heterocycles. The van der Waals surface area contributed by atoms with E-state index in [1.807, 2.05) is 23.7 Å². The van der Waals surface area contributed by atoms with E-state index < -0.39 is 0 Å². The van der Waals surface area contributed by atoms with Crippen LogP contribution in [0.3, 0.4) is 0 Å². The Balaban J connectivity index is 2.28. The van der Waals surface area contributed by atoms with Crippen molar-refractivity contribution in [1.29, 1.82) is 5.26 Å². The normalized spacial score (nSPS) is 10.7.